The van der Waals surface area contributed by atoms with Crippen molar-refractivity contribution < 1.29 is 23.5 Å². The van der Waals surface area contributed by atoms with Crippen LogP contribution in [0.25, 0.3) is 0 Å². The van der Waals surface area contributed by atoms with Gasteiger partial charge in [-0.15, -0.1) is 0 Å². The summed E-state index contributed by atoms with van der Waals surface area (Å²) in [5.41, 5.74) is 0. The van der Waals surface area contributed by atoms with E-state index in [1.54, 1.807) is 0 Å². The molecular weight excluding hydrogens is 168 g/mol. The zero-order valence-electron chi connectivity index (χ0n) is 6.32. The number of ether oxygens (including phenoxy) is 1. The number of aliphatic hydroxyl groups is 1. The van der Waals surface area contributed by atoms with Crippen LogP contribution >= 0.6 is 0 Å². The maximum Gasteiger partial charge on any atom is 0.766 e. The lowest BCUT2D eigenvalue weighted by Crippen LogP contribution is -2.24. The molecule has 0 spiro atoms. The number of rotatable bonds is 6. The molecule has 0 aromatic heterocycles. The van der Waals surface area contributed by atoms with Crippen molar-refractivity contribution in [1.29, 1.82) is 0 Å². The van der Waals surface area contributed by atoms with Gasteiger partial charge in [0, 0.05) is 6.61 Å². The van der Waals surface area contributed by atoms with E-state index in [1.165, 1.54) is 0 Å². The lowest BCUT2D eigenvalue weighted by Gasteiger charge is -2.08. The highest BCUT2D eigenvalue weighted by molar-refractivity contribution is 6.24. The lowest BCUT2D eigenvalue weighted by atomic mass is 10.5. The fourth-order valence-corrected chi connectivity index (χ4v) is 0.780. The molecular formula is C5H12O5Si. The van der Waals surface area contributed by atoms with Crippen molar-refractivity contribution in [2.24, 2.45) is 0 Å². The highest BCUT2D eigenvalue weighted by atomic mass is 28.3. The predicted octanol–water partition coefficient (Wildman–Crippen LogP) is -0.844. The van der Waals surface area contributed by atoms with Gasteiger partial charge in [0.2, 0.25) is 6.29 Å². The highest BCUT2D eigenvalue weighted by Gasteiger charge is 2.11. The van der Waals surface area contributed by atoms with Crippen LogP contribution in [0.3, 0.4) is 0 Å². The first-order chi connectivity index (χ1) is 5.16. The molecule has 0 heterocycles. The number of hydrogen-bond donors (Lipinski definition) is 2. The average molecular weight is 180 g/mol. The Bertz CT molecular complexity index is 117. The Morgan fingerprint density at radius 1 is 1.64 bits per heavy atom. The van der Waals surface area contributed by atoms with Gasteiger partial charge in [0.15, 0.2) is 0 Å². The zero-order chi connectivity index (χ0) is 8.69. The normalized spacial score (nSPS) is 12.5. The quantitative estimate of drug-likeness (QED) is 0.316. The van der Waals surface area contributed by atoms with Crippen molar-refractivity contribution in [1.82, 2.24) is 0 Å². The first-order valence-corrected chi connectivity index (χ1v) is 4.58. The minimum Gasteiger partial charge on any atom is -0.511 e. The second-order valence-electron chi connectivity index (χ2n) is 1.91. The number of aliphatic hydroxyl groups excluding tert-OH is 1. The van der Waals surface area contributed by atoms with Crippen molar-refractivity contribution in [3.05, 3.63) is 0 Å². The molecule has 1 atom stereocenters. The minimum atomic E-state index is -3.05. The summed E-state index contributed by atoms with van der Waals surface area (Å²) >= 11 is 0. The molecule has 0 radical (unpaired) electrons. The van der Waals surface area contributed by atoms with E-state index in [2.05, 4.69) is 4.43 Å². The van der Waals surface area contributed by atoms with Gasteiger partial charge in [0.05, 0.1) is 0 Å². The Morgan fingerprint density at radius 2 is 2.27 bits per heavy atom. The van der Waals surface area contributed by atoms with Crippen LogP contribution in [0.4, 0.5) is 0 Å². The second-order valence-corrected chi connectivity index (χ2v) is 2.68. The monoisotopic (exact) mass is 180 g/mol. The Morgan fingerprint density at radius 3 is 2.73 bits per heavy atom. The minimum absolute atomic E-state index is 0.0647. The summed E-state index contributed by atoms with van der Waals surface area (Å²) in [5.74, 6) is 0. The Kier molecular flexibility index (Phi) is 6.00. The summed E-state index contributed by atoms with van der Waals surface area (Å²) in [7, 11) is -3.05. The van der Waals surface area contributed by atoms with Crippen LogP contribution in [-0.4, -0.2) is 38.6 Å². The van der Waals surface area contributed by atoms with E-state index in [0.29, 0.717) is 6.61 Å². The van der Waals surface area contributed by atoms with E-state index in [1.807, 2.05) is 6.92 Å². The molecule has 0 amide bonds. The van der Waals surface area contributed by atoms with Crippen LogP contribution in [-0.2, 0) is 13.6 Å². The topological polar surface area (TPSA) is 76.0 Å². The largest absolute Gasteiger partial charge is 0.766 e. The molecule has 0 aromatic rings. The molecule has 0 saturated heterocycles. The highest BCUT2D eigenvalue weighted by Crippen LogP contribution is 1.88. The summed E-state index contributed by atoms with van der Waals surface area (Å²) in [5, 5.41) is 8.76. The molecule has 6 heteroatoms. The fourth-order valence-electron chi connectivity index (χ4n) is 0.479. The van der Waals surface area contributed by atoms with Gasteiger partial charge >= 0.3 is 9.17 Å². The molecule has 11 heavy (non-hydrogen) atoms. The van der Waals surface area contributed by atoms with Gasteiger partial charge in [-0.25, -0.2) is 0 Å². The molecule has 0 aliphatic heterocycles. The molecule has 5 nitrogen and oxygen atoms in total. The van der Waals surface area contributed by atoms with Crippen LogP contribution in [0.15, 0.2) is 0 Å². The number of hydrogen-bond acceptors (Lipinski definition) is 4. The Balaban J connectivity index is 3.22. The van der Waals surface area contributed by atoms with Crippen LogP contribution in [0.5, 0.6) is 0 Å². The summed E-state index contributed by atoms with van der Waals surface area (Å²) in [4.78, 5) is 8.19. The summed E-state index contributed by atoms with van der Waals surface area (Å²) in [6, 6.07) is 0. The van der Waals surface area contributed by atoms with Gasteiger partial charge in [-0.2, -0.15) is 0 Å². The van der Waals surface area contributed by atoms with E-state index < -0.39 is 15.5 Å². The van der Waals surface area contributed by atoms with Crippen molar-refractivity contribution in [3.63, 3.8) is 0 Å². The van der Waals surface area contributed by atoms with Gasteiger partial charge in [0.1, 0.15) is 6.61 Å². The Labute approximate surface area is 66.5 Å². The average Bonchev–Trinajstić information content (AvgIpc) is 1.86. The van der Waals surface area contributed by atoms with Gasteiger partial charge in [-0.3, -0.25) is 4.46 Å². The van der Waals surface area contributed by atoms with Crippen LogP contribution < -0.4 is 0 Å². The van der Waals surface area contributed by atoms with E-state index in [4.69, 9.17) is 14.6 Å². The molecule has 0 fully saturated rings. The first kappa shape index (κ1) is 10.5. The first-order valence-electron chi connectivity index (χ1n) is 3.32. The predicted molar refractivity (Wildman–Crippen MR) is 36.9 cm³/mol. The molecule has 2 N–H and O–H groups in total. The van der Waals surface area contributed by atoms with Crippen molar-refractivity contribution in [2.75, 3.05) is 13.2 Å². The molecule has 0 rings (SSSR count). The fraction of sp³-hybridized carbons (Fsp3) is 1.00. The Hall–Kier alpha value is -0.463. The maximum absolute atomic E-state index is 9.99. The molecule has 0 saturated carbocycles. The van der Waals surface area contributed by atoms with Gasteiger partial charge < -0.3 is 19.1 Å². The van der Waals surface area contributed by atoms with Gasteiger partial charge in [0.25, 0.3) is 0 Å². The summed E-state index contributed by atoms with van der Waals surface area (Å²) < 4.78 is 19.0. The standard InChI is InChI=1S/C5H12O5Si/c1-2-3-9-4-5(6)10-11(7)8/h5-7H,2-4H2,1H3. The third kappa shape index (κ3) is 7.43. The van der Waals surface area contributed by atoms with Crippen molar-refractivity contribution in [3.8, 4) is 0 Å². The molecule has 0 bridgehead atoms. The molecule has 1 unspecified atom stereocenters. The summed E-state index contributed by atoms with van der Waals surface area (Å²) in [6.45, 7) is 2.36. The third-order valence-corrected chi connectivity index (χ3v) is 1.32. The van der Waals surface area contributed by atoms with E-state index in [-0.39, 0.29) is 6.61 Å². The maximum atomic E-state index is 9.99. The van der Waals surface area contributed by atoms with Crippen LogP contribution in [0.2, 0.25) is 0 Å². The lowest BCUT2D eigenvalue weighted by molar-refractivity contribution is -0.0897. The summed E-state index contributed by atoms with van der Waals surface area (Å²) in [6.07, 6.45) is -0.459. The van der Waals surface area contributed by atoms with E-state index >= 15 is 0 Å². The van der Waals surface area contributed by atoms with Crippen LogP contribution in [0, 0.1) is 0 Å². The van der Waals surface area contributed by atoms with E-state index in [9.17, 15) is 4.46 Å². The van der Waals surface area contributed by atoms with E-state index in [0.717, 1.165) is 6.42 Å². The molecule has 0 aliphatic rings. The van der Waals surface area contributed by atoms with Crippen molar-refractivity contribution in [2.45, 2.75) is 19.6 Å². The van der Waals surface area contributed by atoms with Gasteiger partial charge in [-0.1, -0.05) is 6.92 Å². The third-order valence-electron chi connectivity index (χ3n) is 0.846. The second kappa shape index (κ2) is 6.26. The molecule has 66 valence electrons. The SMILES string of the molecule is CCCOCC(O)O[Si](=O)O. The van der Waals surface area contributed by atoms with Crippen molar-refractivity contribution >= 4 is 9.17 Å². The van der Waals surface area contributed by atoms with Crippen LogP contribution in [0.1, 0.15) is 13.3 Å². The molecule has 0 aromatic carbocycles. The van der Waals surface area contributed by atoms with Gasteiger partial charge in [-0.05, 0) is 6.42 Å². The smallest absolute Gasteiger partial charge is 0.511 e. The molecule has 0 aliphatic carbocycles. The zero-order valence-corrected chi connectivity index (χ0v) is 7.32.